The Kier molecular flexibility index (Phi) is 4.79. The van der Waals surface area contributed by atoms with Crippen LogP contribution in [0.15, 0.2) is 34.7 Å². The van der Waals surface area contributed by atoms with Gasteiger partial charge in [0.2, 0.25) is 5.91 Å². The molecule has 0 spiro atoms. The SMILES string of the molecule is Cc1oc(CN(C)C(=O)c2cccc(NC(=O)C3CC3)c2)cc1C(=O)O. The molecule has 26 heavy (non-hydrogen) atoms. The summed E-state index contributed by atoms with van der Waals surface area (Å²) in [5, 5.41) is 11.9. The predicted molar refractivity (Wildman–Crippen MR) is 94.0 cm³/mol. The quantitative estimate of drug-likeness (QED) is 0.829. The van der Waals surface area contributed by atoms with E-state index in [1.54, 1.807) is 38.2 Å². The van der Waals surface area contributed by atoms with Crippen molar-refractivity contribution in [3.8, 4) is 0 Å². The molecule has 1 aromatic heterocycles. The van der Waals surface area contributed by atoms with Gasteiger partial charge in [0.1, 0.15) is 17.1 Å². The summed E-state index contributed by atoms with van der Waals surface area (Å²) in [6.45, 7) is 1.71. The van der Waals surface area contributed by atoms with Gasteiger partial charge in [0.05, 0.1) is 6.54 Å². The van der Waals surface area contributed by atoms with E-state index in [9.17, 15) is 14.4 Å². The molecule has 1 aliphatic carbocycles. The Bertz CT molecular complexity index is 867. The molecule has 0 radical (unpaired) electrons. The highest BCUT2D eigenvalue weighted by molar-refractivity contribution is 5.98. The van der Waals surface area contributed by atoms with E-state index >= 15 is 0 Å². The number of carboxylic acid groups (broad SMARTS) is 1. The van der Waals surface area contributed by atoms with Crippen molar-refractivity contribution >= 4 is 23.5 Å². The average Bonchev–Trinajstić information content (AvgIpc) is 3.38. The second-order valence-corrected chi connectivity index (χ2v) is 6.49. The lowest BCUT2D eigenvalue weighted by molar-refractivity contribution is -0.117. The number of carboxylic acids is 1. The highest BCUT2D eigenvalue weighted by Crippen LogP contribution is 2.30. The smallest absolute Gasteiger partial charge is 0.339 e. The van der Waals surface area contributed by atoms with Crippen molar-refractivity contribution in [3.63, 3.8) is 0 Å². The number of nitrogens with one attached hydrogen (secondary N) is 1. The summed E-state index contributed by atoms with van der Waals surface area (Å²) in [5.41, 5.74) is 1.11. The van der Waals surface area contributed by atoms with E-state index in [4.69, 9.17) is 9.52 Å². The zero-order valence-corrected chi connectivity index (χ0v) is 14.6. The number of aryl methyl sites for hydroxylation is 1. The molecule has 0 atom stereocenters. The number of furan rings is 1. The minimum atomic E-state index is -1.06. The van der Waals surface area contributed by atoms with E-state index in [2.05, 4.69) is 5.32 Å². The van der Waals surface area contributed by atoms with Gasteiger partial charge in [0.15, 0.2) is 0 Å². The minimum absolute atomic E-state index is 0.0183. The van der Waals surface area contributed by atoms with Crippen LogP contribution >= 0.6 is 0 Å². The Hall–Kier alpha value is -3.09. The van der Waals surface area contributed by atoms with Gasteiger partial charge in [-0.1, -0.05) is 6.07 Å². The number of anilines is 1. The van der Waals surface area contributed by atoms with Crippen LogP contribution in [0.3, 0.4) is 0 Å². The fraction of sp³-hybridized carbons (Fsp3) is 0.316. The Labute approximate surface area is 150 Å². The Morgan fingerprint density at radius 2 is 2.00 bits per heavy atom. The highest BCUT2D eigenvalue weighted by Gasteiger charge is 2.29. The van der Waals surface area contributed by atoms with Crippen LogP contribution in [0.5, 0.6) is 0 Å². The molecule has 0 saturated heterocycles. The van der Waals surface area contributed by atoms with Crippen molar-refractivity contribution < 1.29 is 23.9 Å². The van der Waals surface area contributed by atoms with Crippen LogP contribution in [0.2, 0.25) is 0 Å². The molecule has 2 amide bonds. The van der Waals surface area contributed by atoms with Crippen LogP contribution in [0, 0.1) is 12.8 Å². The molecule has 2 N–H and O–H groups in total. The fourth-order valence-electron chi connectivity index (χ4n) is 2.68. The summed E-state index contributed by atoms with van der Waals surface area (Å²) in [7, 11) is 1.61. The number of hydrogen-bond donors (Lipinski definition) is 2. The minimum Gasteiger partial charge on any atom is -0.478 e. The molecule has 3 rings (SSSR count). The average molecular weight is 356 g/mol. The third kappa shape index (κ3) is 3.93. The molecule has 1 heterocycles. The molecular formula is C19H20N2O5. The van der Waals surface area contributed by atoms with E-state index in [1.807, 2.05) is 0 Å². The number of benzene rings is 1. The van der Waals surface area contributed by atoms with Crippen molar-refractivity contribution in [3.05, 3.63) is 53.0 Å². The first-order valence-corrected chi connectivity index (χ1v) is 8.34. The molecule has 136 valence electrons. The molecule has 0 aliphatic heterocycles. The van der Waals surface area contributed by atoms with Gasteiger partial charge in [-0.25, -0.2) is 4.79 Å². The number of carbonyl (C=O) groups excluding carboxylic acids is 2. The monoisotopic (exact) mass is 356 g/mol. The first-order chi connectivity index (χ1) is 12.3. The molecule has 1 aliphatic rings. The number of aromatic carboxylic acids is 1. The molecule has 1 fully saturated rings. The molecule has 1 aromatic carbocycles. The Morgan fingerprint density at radius 1 is 1.27 bits per heavy atom. The van der Waals surface area contributed by atoms with E-state index in [1.165, 1.54) is 11.0 Å². The summed E-state index contributed by atoms with van der Waals surface area (Å²) in [5.74, 6) is -0.547. The van der Waals surface area contributed by atoms with E-state index < -0.39 is 5.97 Å². The maximum Gasteiger partial charge on any atom is 0.339 e. The molecule has 2 aromatic rings. The van der Waals surface area contributed by atoms with Gasteiger partial charge < -0.3 is 19.7 Å². The number of nitrogens with zero attached hydrogens (tertiary/aromatic N) is 1. The topological polar surface area (TPSA) is 99.9 Å². The number of hydrogen-bond acceptors (Lipinski definition) is 4. The second-order valence-electron chi connectivity index (χ2n) is 6.49. The summed E-state index contributed by atoms with van der Waals surface area (Å²) in [6.07, 6.45) is 1.82. The standard InChI is InChI=1S/C19H20N2O5/c1-11-16(19(24)25)9-15(26-11)10-21(2)18(23)13-4-3-5-14(8-13)20-17(22)12-6-7-12/h3-5,8-9,12H,6-7,10H2,1-2H3,(H,20,22)(H,24,25). The zero-order chi connectivity index (χ0) is 18.8. The number of amides is 2. The molecule has 0 bridgehead atoms. The van der Waals surface area contributed by atoms with Crippen molar-refractivity contribution in [2.24, 2.45) is 5.92 Å². The molecule has 7 heteroatoms. The molecule has 7 nitrogen and oxygen atoms in total. The normalized spacial score (nSPS) is 13.3. The number of rotatable bonds is 6. The van der Waals surface area contributed by atoms with Gasteiger partial charge in [0.25, 0.3) is 5.91 Å². The van der Waals surface area contributed by atoms with E-state index in [0.29, 0.717) is 22.8 Å². The van der Waals surface area contributed by atoms with Gasteiger partial charge in [-0.15, -0.1) is 0 Å². The van der Waals surface area contributed by atoms with Crippen molar-refractivity contribution in [1.29, 1.82) is 0 Å². The zero-order valence-electron chi connectivity index (χ0n) is 14.6. The molecule has 0 unspecified atom stereocenters. The van der Waals surface area contributed by atoms with Gasteiger partial charge in [0, 0.05) is 24.2 Å². The van der Waals surface area contributed by atoms with Crippen LogP contribution in [-0.4, -0.2) is 34.8 Å². The third-order valence-corrected chi connectivity index (χ3v) is 4.26. The lowest BCUT2D eigenvalue weighted by atomic mass is 10.1. The summed E-state index contributed by atoms with van der Waals surface area (Å²) in [4.78, 5) is 37.0. The van der Waals surface area contributed by atoms with Crippen LogP contribution in [-0.2, 0) is 11.3 Å². The maximum absolute atomic E-state index is 12.6. The largest absolute Gasteiger partial charge is 0.478 e. The van der Waals surface area contributed by atoms with Gasteiger partial charge in [-0.05, 0) is 44.0 Å². The Morgan fingerprint density at radius 3 is 2.62 bits per heavy atom. The van der Waals surface area contributed by atoms with Crippen LogP contribution in [0.1, 0.15) is 45.1 Å². The maximum atomic E-state index is 12.6. The molecular weight excluding hydrogens is 336 g/mol. The Balaban J connectivity index is 1.68. The summed E-state index contributed by atoms with van der Waals surface area (Å²) >= 11 is 0. The first-order valence-electron chi connectivity index (χ1n) is 8.34. The summed E-state index contributed by atoms with van der Waals surface area (Å²) in [6, 6.07) is 8.18. The first kappa shape index (κ1) is 17.7. The third-order valence-electron chi connectivity index (χ3n) is 4.26. The van der Waals surface area contributed by atoms with Crippen LogP contribution in [0.25, 0.3) is 0 Å². The number of carbonyl (C=O) groups is 3. The van der Waals surface area contributed by atoms with Crippen molar-refractivity contribution in [2.75, 3.05) is 12.4 Å². The van der Waals surface area contributed by atoms with Crippen molar-refractivity contribution in [2.45, 2.75) is 26.3 Å². The van der Waals surface area contributed by atoms with Crippen LogP contribution < -0.4 is 5.32 Å². The second kappa shape index (κ2) is 7.03. The predicted octanol–water partition coefficient (Wildman–Crippen LogP) is 2.91. The van der Waals surface area contributed by atoms with E-state index in [0.717, 1.165) is 12.8 Å². The van der Waals surface area contributed by atoms with E-state index in [-0.39, 0.29) is 29.8 Å². The highest BCUT2D eigenvalue weighted by atomic mass is 16.4. The van der Waals surface area contributed by atoms with Crippen molar-refractivity contribution in [1.82, 2.24) is 4.90 Å². The molecule has 1 saturated carbocycles. The van der Waals surface area contributed by atoms with Gasteiger partial charge in [-0.2, -0.15) is 0 Å². The van der Waals surface area contributed by atoms with Gasteiger partial charge in [-0.3, -0.25) is 9.59 Å². The van der Waals surface area contributed by atoms with Gasteiger partial charge >= 0.3 is 5.97 Å². The lowest BCUT2D eigenvalue weighted by Crippen LogP contribution is -2.26. The summed E-state index contributed by atoms with van der Waals surface area (Å²) < 4.78 is 5.41. The van der Waals surface area contributed by atoms with Crippen LogP contribution in [0.4, 0.5) is 5.69 Å². The fourth-order valence-corrected chi connectivity index (χ4v) is 2.68. The lowest BCUT2D eigenvalue weighted by Gasteiger charge is -2.16.